The number of anilines is 1. The van der Waals surface area contributed by atoms with Crippen LogP contribution in [0.25, 0.3) is 10.8 Å². The first-order valence-corrected chi connectivity index (χ1v) is 6.72. The van der Waals surface area contributed by atoms with Crippen LogP contribution in [0.15, 0.2) is 40.9 Å². The number of hydrogen-bond acceptors (Lipinski definition) is 2. The van der Waals surface area contributed by atoms with Crippen molar-refractivity contribution in [2.24, 2.45) is 5.73 Å². The van der Waals surface area contributed by atoms with E-state index in [0.29, 0.717) is 6.54 Å². The van der Waals surface area contributed by atoms with Crippen molar-refractivity contribution in [1.82, 2.24) is 0 Å². The molecule has 0 aliphatic carbocycles. The molecule has 3 nitrogen and oxygen atoms in total. The van der Waals surface area contributed by atoms with Crippen molar-refractivity contribution < 1.29 is 4.79 Å². The maximum atomic E-state index is 12.0. The van der Waals surface area contributed by atoms with Gasteiger partial charge in [0.15, 0.2) is 0 Å². The Hall–Kier alpha value is -1.39. The first-order chi connectivity index (χ1) is 8.68. The minimum atomic E-state index is -0.354. The molecule has 3 rings (SSSR count). The van der Waals surface area contributed by atoms with Crippen molar-refractivity contribution in [3.63, 3.8) is 0 Å². The van der Waals surface area contributed by atoms with E-state index in [9.17, 15) is 4.79 Å². The van der Waals surface area contributed by atoms with Gasteiger partial charge in [-0.05, 0) is 23.9 Å². The van der Waals surface area contributed by atoms with Crippen molar-refractivity contribution in [3.8, 4) is 0 Å². The molecule has 0 radical (unpaired) electrons. The first kappa shape index (κ1) is 11.7. The van der Waals surface area contributed by atoms with Gasteiger partial charge in [0.05, 0.1) is 11.7 Å². The summed E-state index contributed by atoms with van der Waals surface area (Å²) in [6, 6.07) is 11.7. The molecular formula is C14H13BrN2O. The molecular weight excluding hydrogens is 292 g/mol. The number of hydrogen-bond donors (Lipinski definition) is 1. The van der Waals surface area contributed by atoms with Gasteiger partial charge in [-0.1, -0.05) is 40.2 Å². The number of nitrogens with zero attached hydrogens (tertiary/aromatic N) is 1. The van der Waals surface area contributed by atoms with Crippen LogP contribution in [0.4, 0.5) is 5.69 Å². The third kappa shape index (κ3) is 1.72. The zero-order chi connectivity index (χ0) is 12.7. The summed E-state index contributed by atoms with van der Waals surface area (Å²) in [6.07, 6.45) is 0.725. The highest BCUT2D eigenvalue weighted by Crippen LogP contribution is 2.33. The minimum Gasteiger partial charge on any atom is -0.320 e. The average Bonchev–Trinajstić information content (AvgIpc) is 2.71. The van der Waals surface area contributed by atoms with Gasteiger partial charge in [-0.15, -0.1) is 0 Å². The Balaban J connectivity index is 2.19. The molecule has 1 saturated heterocycles. The third-order valence-electron chi connectivity index (χ3n) is 3.39. The van der Waals surface area contributed by atoms with Crippen molar-refractivity contribution in [2.75, 3.05) is 11.4 Å². The molecule has 1 aliphatic rings. The highest BCUT2D eigenvalue weighted by molar-refractivity contribution is 9.10. The lowest BCUT2D eigenvalue weighted by atomic mass is 10.1. The molecule has 0 bridgehead atoms. The molecule has 1 aliphatic heterocycles. The molecule has 4 heteroatoms. The lowest BCUT2D eigenvalue weighted by Crippen LogP contribution is -2.34. The summed E-state index contributed by atoms with van der Waals surface area (Å²) in [5.41, 5.74) is 6.73. The lowest BCUT2D eigenvalue weighted by Gasteiger charge is -2.19. The van der Waals surface area contributed by atoms with Crippen molar-refractivity contribution in [2.45, 2.75) is 12.5 Å². The standard InChI is InChI=1S/C14H13BrN2O/c15-11-5-6-13(10-4-2-1-3-9(10)11)17-8-7-12(16)14(17)18/h1-6,12H,7-8,16H2. The highest BCUT2D eigenvalue weighted by atomic mass is 79.9. The van der Waals surface area contributed by atoms with Gasteiger partial charge in [-0.2, -0.15) is 0 Å². The fourth-order valence-corrected chi connectivity index (χ4v) is 2.90. The summed E-state index contributed by atoms with van der Waals surface area (Å²) >= 11 is 3.54. The van der Waals surface area contributed by atoms with E-state index in [0.717, 1.165) is 27.4 Å². The molecule has 0 spiro atoms. The molecule has 0 aromatic heterocycles. The van der Waals surface area contributed by atoms with Gasteiger partial charge >= 0.3 is 0 Å². The van der Waals surface area contributed by atoms with E-state index in [1.54, 1.807) is 4.90 Å². The Morgan fingerprint density at radius 2 is 1.89 bits per heavy atom. The van der Waals surface area contributed by atoms with E-state index < -0.39 is 0 Å². The number of benzene rings is 2. The Bertz CT molecular complexity index is 626. The number of fused-ring (bicyclic) bond motifs is 1. The summed E-state index contributed by atoms with van der Waals surface area (Å²) in [6.45, 7) is 0.700. The fraction of sp³-hybridized carbons (Fsp3) is 0.214. The van der Waals surface area contributed by atoms with E-state index in [4.69, 9.17) is 5.73 Å². The predicted octanol–water partition coefficient (Wildman–Crippen LogP) is 2.67. The zero-order valence-electron chi connectivity index (χ0n) is 9.77. The van der Waals surface area contributed by atoms with Crippen LogP contribution in [0.5, 0.6) is 0 Å². The number of nitrogens with two attached hydrogens (primary N) is 1. The molecule has 1 heterocycles. The van der Waals surface area contributed by atoms with Crippen LogP contribution >= 0.6 is 15.9 Å². The normalized spacial score (nSPS) is 19.8. The van der Waals surface area contributed by atoms with E-state index in [2.05, 4.69) is 15.9 Å². The third-order valence-corrected chi connectivity index (χ3v) is 4.08. The van der Waals surface area contributed by atoms with E-state index in [-0.39, 0.29) is 11.9 Å². The number of carbonyl (C=O) groups excluding carboxylic acids is 1. The van der Waals surface area contributed by atoms with Gasteiger partial charge in [0.25, 0.3) is 0 Å². The maximum Gasteiger partial charge on any atom is 0.243 e. The lowest BCUT2D eigenvalue weighted by molar-refractivity contribution is -0.118. The quantitative estimate of drug-likeness (QED) is 0.880. The molecule has 0 saturated carbocycles. The Kier molecular flexibility index (Phi) is 2.84. The molecule has 2 N–H and O–H groups in total. The monoisotopic (exact) mass is 304 g/mol. The summed E-state index contributed by atoms with van der Waals surface area (Å²) in [4.78, 5) is 13.8. The van der Waals surface area contributed by atoms with Gasteiger partial charge in [-0.25, -0.2) is 0 Å². The Labute approximate surface area is 114 Å². The van der Waals surface area contributed by atoms with Gasteiger partial charge in [0.1, 0.15) is 0 Å². The summed E-state index contributed by atoms with van der Waals surface area (Å²) < 4.78 is 1.04. The Morgan fingerprint density at radius 3 is 2.56 bits per heavy atom. The predicted molar refractivity (Wildman–Crippen MR) is 76.6 cm³/mol. The molecule has 2 aromatic rings. The van der Waals surface area contributed by atoms with E-state index in [1.807, 2.05) is 36.4 Å². The summed E-state index contributed by atoms with van der Waals surface area (Å²) in [5, 5.41) is 2.19. The topological polar surface area (TPSA) is 46.3 Å². The summed E-state index contributed by atoms with van der Waals surface area (Å²) in [5.74, 6) is 0.0162. The van der Waals surface area contributed by atoms with Gasteiger partial charge < -0.3 is 10.6 Å². The number of amides is 1. The van der Waals surface area contributed by atoms with Crippen molar-refractivity contribution in [1.29, 1.82) is 0 Å². The van der Waals surface area contributed by atoms with Crippen molar-refractivity contribution >= 4 is 38.3 Å². The second-order valence-electron chi connectivity index (χ2n) is 4.50. The second kappa shape index (κ2) is 4.37. The first-order valence-electron chi connectivity index (χ1n) is 5.92. The second-order valence-corrected chi connectivity index (χ2v) is 5.35. The van der Waals surface area contributed by atoms with Gasteiger partial charge in [-0.3, -0.25) is 4.79 Å². The minimum absolute atomic E-state index is 0.0162. The maximum absolute atomic E-state index is 12.0. The highest BCUT2D eigenvalue weighted by Gasteiger charge is 2.30. The van der Waals surface area contributed by atoms with Crippen LogP contribution in [0.3, 0.4) is 0 Å². The number of rotatable bonds is 1. The largest absolute Gasteiger partial charge is 0.320 e. The molecule has 1 fully saturated rings. The van der Waals surface area contributed by atoms with Crippen LogP contribution < -0.4 is 10.6 Å². The summed E-state index contributed by atoms with van der Waals surface area (Å²) in [7, 11) is 0. The molecule has 2 aromatic carbocycles. The number of carbonyl (C=O) groups is 1. The molecule has 1 amide bonds. The molecule has 1 unspecified atom stereocenters. The smallest absolute Gasteiger partial charge is 0.243 e. The molecule has 92 valence electrons. The van der Waals surface area contributed by atoms with Crippen LogP contribution in [0.1, 0.15) is 6.42 Å². The number of halogens is 1. The van der Waals surface area contributed by atoms with Crippen LogP contribution in [0, 0.1) is 0 Å². The Morgan fingerprint density at radius 1 is 1.17 bits per heavy atom. The van der Waals surface area contributed by atoms with Crippen molar-refractivity contribution in [3.05, 3.63) is 40.9 Å². The molecule has 18 heavy (non-hydrogen) atoms. The fourth-order valence-electron chi connectivity index (χ4n) is 2.42. The van der Waals surface area contributed by atoms with Crippen LogP contribution in [-0.2, 0) is 4.79 Å². The van der Waals surface area contributed by atoms with E-state index in [1.165, 1.54) is 0 Å². The van der Waals surface area contributed by atoms with Gasteiger partial charge in [0, 0.05) is 16.4 Å². The molecule has 1 atom stereocenters. The zero-order valence-corrected chi connectivity index (χ0v) is 11.4. The SMILES string of the molecule is NC1CCN(c2ccc(Br)c3ccccc23)C1=O. The van der Waals surface area contributed by atoms with Crippen LogP contribution in [0.2, 0.25) is 0 Å². The van der Waals surface area contributed by atoms with Gasteiger partial charge in [0.2, 0.25) is 5.91 Å². The average molecular weight is 305 g/mol. The van der Waals surface area contributed by atoms with Crippen LogP contribution in [-0.4, -0.2) is 18.5 Å². The van der Waals surface area contributed by atoms with E-state index >= 15 is 0 Å².